The smallest absolute Gasteiger partial charge is 0.0464 e. The van der Waals surface area contributed by atoms with Crippen LogP contribution in [0.2, 0.25) is 0 Å². The number of aryl methyl sites for hydroxylation is 1. The molecule has 0 saturated heterocycles. The van der Waals surface area contributed by atoms with Crippen LogP contribution < -0.4 is 5.19 Å². The van der Waals surface area contributed by atoms with Gasteiger partial charge < -0.3 is 4.98 Å². The monoisotopic (exact) mass is 309 g/mol. The highest BCUT2D eigenvalue weighted by molar-refractivity contribution is 6.40. The Hall–Kier alpha value is -1.54. The summed E-state index contributed by atoms with van der Waals surface area (Å²) in [6.07, 6.45) is 9.51. The Kier molecular flexibility index (Phi) is 4.99. The Morgan fingerprint density at radius 2 is 1.64 bits per heavy atom. The standard InChI is InChI=1S/C20H27NSi/c1-2-3-4-5-6-7-10-15-13-14-17-16-11-8-9-12-18(16)21-19(17)20(15)22/h8-9,11-14,21H,2-7,10H2,1,22H3. The summed E-state index contributed by atoms with van der Waals surface area (Å²) >= 11 is 0. The van der Waals surface area contributed by atoms with E-state index in [0.29, 0.717) is 0 Å². The second kappa shape index (κ2) is 7.15. The number of nitrogens with one attached hydrogen (secondary N) is 1. The molecule has 0 fully saturated rings. The van der Waals surface area contributed by atoms with Crippen molar-refractivity contribution >= 4 is 37.2 Å². The molecular formula is C20H27NSi. The summed E-state index contributed by atoms with van der Waals surface area (Å²) < 4.78 is 0. The van der Waals surface area contributed by atoms with E-state index in [1.54, 1.807) is 10.8 Å². The van der Waals surface area contributed by atoms with E-state index in [4.69, 9.17) is 0 Å². The number of rotatable bonds is 7. The zero-order chi connectivity index (χ0) is 15.4. The van der Waals surface area contributed by atoms with Gasteiger partial charge in [-0.1, -0.05) is 69.4 Å². The predicted molar refractivity (Wildman–Crippen MR) is 102 cm³/mol. The van der Waals surface area contributed by atoms with Gasteiger partial charge in [0.1, 0.15) is 0 Å². The van der Waals surface area contributed by atoms with E-state index in [1.165, 1.54) is 66.8 Å². The van der Waals surface area contributed by atoms with Gasteiger partial charge in [0.05, 0.1) is 0 Å². The van der Waals surface area contributed by atoms with Gasteiger partial charge in [0.2, 0.25) is 0 Å². The Labute approximate surface area is 136 Å². The van der Waals surface area contributed by atoms with Crippen molar-refractivity contribution < 1.29 is 0 Å². The fraction of sp³-hybridized carbons (Fsp3) is 0.400. The van der Waals surface area contributed by atoms with Crippen molar-refractivity contribution in [2.75, 3.05) is 0 Å². The number of benzene rings is 2. The molecule has 22 heavy (non-hydrogen) atoms. The lowest BCUT2D eigenvalue weighted by Crippen LogP contribution is -2.11. The lowest BCUT2D eigenvalue weighted by molar-refractivity contribution is 0.608. The van der Waals surface area contributed by atoms with E-state index in [0.717, 1.165) is 10.2 Å². The number of fused-ring (bicyclic) bond motifs is 3. The molecule has 116 valence electrons. The van der Waals surface area contributed by atoms with Gasteiger partial charge in [-0.2, -0.15) is 0 Å². The summed E-state index contributed by atoms with van der Waals surface area (Å²) in [7, 11) is 1.12. The molecule has 3 aromatic rings. The van der Waals surface area contributed by atoms with Gasteiger partial charge in [-0.15, -0.1) is 0 Å². The largest absolute Gasteiger partial charge is 0.355 e. The third kappa shape index (κ3) is 3.12. The first-order valence-electron chi connectivity index (χ1n) is 8.80. The molecule has 1 heterocycles. The number of aromatic nitrogens is 1. The van der Waals surface area contributed by atoms with Crippen molar-refractivity contribution in [1.82, 2.24) is 4.98 Å². The van der Waals surface area contributed by atoms with Crippen molar-refractivity contribution in [2.45, 2.75) is 51.9 Å². The molecule has 0 amide bonds. The molecule has 1 nitrogen and oxygen atoms in total. The summed E-state index contributed by atoms with van der Waals surface area (Å²) in [6, 6.07) is 13.3. The first-order chi connectivity index (χ1) is 10.8. The lowest BCUT2D eigenvalue weighted by atomic mass is 10.0. The molecule has 0 unspecified atom stereocenters. The maximum atomic E-state index is 3.64. The summed E-state index contributed by atoms with van der Waals surface area (Å²) in [5.74, 6) is 0. The molecule has 1 aromatic heterocycles. The third-order valence-corrected chi connectivity index (χ3v) is 6.00. The first-order valence-corrected chi connectivity index (χ1v) is 9.80. The minimum atomic E-state index is 1.12. The molecule has 1 N–H and O–H groups in total. The Bertz CT molecular complexity index is 757. The van der Waals surface area contributed by atoms with Crippen LogP contribution in [0.4, 0.5) is 0 Å². The van der Waals surface area contributed by atoms with E-state index in [1.807, 2.05) is 0 Å². The van der Waals surface area contributed by atoms with Gasteiger partial charge >= 0.3 is 0 Å². The van der Waals surface area contributed by atoms with Crippen molar-refractivity contribution in [1.29, 1.82) is 0 Å². The van der Waals surface area contributed by atoms with Gasteiger partial charge in [-0.3, -0.25) is 0 Å². The number of para-hydroxylation sites is 1. The Morgan fingerprint density at radius 1 is 0.864 bits per heavy atom. The predicted octanol–water partition coefficient (Wildman–Crippen LogP) is 4.21. The van der Waals surface area contributed by atoms with Gasteiger partial charge in [-0.25, -0.2) is 0 Å². The van der Waals surface area contributed by atoms with Crippen LogP contribution in [0.5, 0.6) is 0 Å². The molecule has 2 heteroatoms. The highest BCUT2D eigenvalue weighted by atomic mass is 28.1. The van der Waals surface area contributed by atoms with Gasteiger partial charge in [-0.05, 0) is 29.7 Å². The molecule has 3 rings (SSSR count). The number of hydrogen-bond donors (Lipinski definition) is 1. The molecule has 0 aliphatic carbocycles. The maximum absolute atomic E-state index is 3.64. The van der Waals surface area contributed by atoms with E-state index >= 15 is 0 Å². The Morgan fingerprint density at radius 3 is 2.50 bits per heavy atom. The highest BCUT2D eigenvalue weighted by Crippen LogP contribution is 2.24. The molecule has 0 radical (unpaired) electrons. The molecule has 0 spiro atoms. The zero-order valence-corrected chi connectivity index (χ0v) is 15.9. The normalized spacial score (nSPS) is 11.7. The van der Waals surface area contributed by atoms with Crippen LogP contribution in [0.1, 0.15) is 51.0 Å². The molecule has 0 saturated carbocycles. The fourth-order valence-electron chi connectivity index (χ4n) is 3.47. The van der Waals surface area contributed by atoms with Gasteiger partial charge in [0.25, 0.3) is 0 Å². The highest BCUT2D eigenvalue weighted by Gasteiger charge is 2.08. The van der Waals surface area contributed by atoms with Crippen LogP contribution in [0, 0.1) is 0 Å². The minimum Gasteiger partial charge on any atom is -0.355 e. The van der Waals surface area contributed by atoms with Gasteiger partial charge in [0, 0.05) is 32.0 Å². The van der Waals surface area contributed by atoms with Crippen LogP contribution in [-0.2, 0) is 6.42 Å². The summed E-state index contributed by atoms with van der Waals surface area (Å²) in [5, 5.41) is 4.33. The summed E-state index contributed by atoms with van der Waals surface area (Å²) in [5.41, 5.74) is 4.23. The van der Waals surface area contributed by atoms with Crippen LogP contribution >= 0.6 is 0 Å². The van der Waals surface area contributed by atoms with Crippen molar-refractivity contribution in [2.24, 2.45) is 0 Å². The van der Waals surface area contributed by atoms with E-state index in [9.17, 15) is 0 Å². The fourth-order valence-corrected chi connectivity index (χ4v) is 4.28. The molecule has 0 aliphatic heterocycles. The minimum absolute atomic E-state index is 1.12. The lowest BCUT2D eigenvalue weighted by Gasteiger charge is -2.07. The molecule has 0 atom stereocenters. The van der Waals surface area contributed by atoms with E-state index in [-0.39, 0.29) is 0 Å². The van der Waals surface area contributed by atoms with Gasteiger partial charge in [0.15, 0.2) is 0 Å². The van der Waals surface area contributed by atoms with Crippen LogP contribution in [0.25, 0.3) is 21.8 Å². The van der Waals surface area contributed by atoms with Crippen LogP contribution in [0.3, 0.4) is 0 Å². The second-order valence-corrected chi connectivity index (χ2v) is 7.46. The van der Waals surface area contributed by atoms with E-state index < -0.39 is 0 Å². The number of aromatic amines is 1. The van der Waals surface area contributed by atoms with Crippen molar-refractivity contribution in [3.63, 3.8) is 0 Å². The topological polar surface area (TPSA) is 15.8 Å². The Balaban J connectivity index is 1.74. The van der Waals surface area contributed by atoms with E-state index in [2.05, 4.69) is 48.3 Å². The first kappa shape index (κ1) is 15.4. The molecule has 0 aliphatic rings. The summed E-state index contributed by atoms with van der Waals surface area (Å²) in [6.45, 7) is 2.28. The average Bonchev–Trinajstić information content (AvgIpc) is 2.92. The quantitative estimate of drug-likeness (QED) is 0.497. The molecule has 2 aromatic carbocycles. The van der Waals surface area contributed by atoms with Crippen molar-refractivity contribution in [3.05, 3.63) is 42.0 Å². The average molecular weight is 310 g/mol. The van der Waals surface area contributed by atoms with Crippen LogP contribution in [-0.4, -0.2) is 15.2 Å². The number of hydrogen-bond acceptors (Lipinski definition) is 0. The second-order valence-electron chi connectivity index (χ2n) is 6.46. The molecular weight excluding hydrogens is 282 g/mol. The maximum Gasteiger partial charge on any atom is 0.0464 e. The van der Waals surface area contributed by atoms with Crippen LogP contribution in [0.15, 0.2) is 36.4 Å². The third-order valence-electron chi connectivity index (χ3n) is 4.85. The molecule has 0 bridgehead atoms. The number of H-pyrrole nitrogens is 1. The number of unbranched alkanes of at least 4 members (excludes halogenated alkanes) is 5. The SMILES string of the molecule is CCCCCCCCc1ccc2c([nH]c3ccccc32)c1[SiH3]. The van der Waals surface area contributed by atoms with Crippen molar-refractivity contribution in [3.8, 4) is 0 Å². The zero-order valence-electron chi connectivity index (χ0n) is 13.9. The summed E-state index contributed by atoms with van der Waals surface area (Å²) in [4.78, 5) is 3.64.